The van der Waals surface area contributed by atoms with E-state index in [2.05, 4.69) is 37.0 Å². The van der Waals surface area contributed by atoms with Crippen LogP contribution in [0.2, 0.25) is 0 Å². The van der Waals surface area contributed by atoms with E-state index in [1.165, 1.54) is 24.1 Å². The van der Waals surface area contributed by atoms with Gasteiger partial charge in [-0.3, -0.25) is 4.79 Å². The number of carbonyl (C=O) groups is 2. The van der Waals surface area contributed by atoms with Crippen molar-refractivity contribution in [1.29, 1.82) is 0 Å². The van der Waals surface area contributed by atoms with Crippen LogP contribution in [0.5, 0.6) is 0 Å². The molecule has 1 saturated heterocycles. The minimum atomic E-state index is -1.57. The Hall–Kier alpha value is -2.78. The molecule has 3 aliphatic carbocycles. The van der Waals surface area contributed by atoms with Gasteiger partial charge in [-0.1, -0.05) is 38.1 Å². The molecule has 3 heterocycles. The summed E-state index contributed by atoms with van der Waals surface area (Å²) in [5.41, 5.74) is 0.455. The number of ether oxygens (including phenoxy) is 4. The van der Waals surface area contributed by atoms with E-state index in [1.54, 1.807) is 12.2 Å². The monoisotopic (exact) mass is 547 g/mol. The number of benzene rings is 1. The lowest BCUT2D eigenvalue weighted by molar-refractivity contribution is -0.279. The summed E-state index contributed by atoms with van der Waals surface area (Å²) in [7, 11) is 1.33. The molecule has 1 aromatic carbocycles. The molecular weight excluding hydrogens is 510 g/mol. The molecule has 1 spiro atoms. The first kappa shape index (κ1) is 26.1. The van der Waals surface area contributed by atoms with Crippen molar-refractivity contribution in [3.8, 4) is 0 Å². The molecule has 2 bridgehead atoms. The molecule has 2 aromatic rings. The van der Waals surface area contributed by atoms with E-state index >= 15 is 0 Å². The predicted molar refractivity (Wildman–Crippen MR) is 147 cm³/mol. The van der Waals surface area contributed by atoms with Gasteiger partial charge in [0.05, 0.1) is 19.8 Å². The number of hydrogen-bond acceptors (Lipinski definition) is 7. The largest absolute Gasteiger partial charge is 0.466 e. The number of hydrogen-bond donors (Lipinski definition) is 2. The van der Waals surface area contributed by atoms with Gasteiger partial charge in [0.15, 0.2) is 17.7 Å². The number of para-hydroxylation sites is 1. The van der Waals surface area contributed by atoms with E-state index in [1.807, 2.05) is 19.9 Å². The first-order chi connectivity index (χ1) is 18.9. The average molecular weight is 548 g/mol. The number of H-pyrrole nitrogens is 1. The maximum absolute atomic E-state index is 13.4. The lowest BCUT2D eigenvalue weighted by atomic mass is 9.41. The van der Waals surface area contributed by atoms with Crippen molar-refractivity contribution < 1.29 is 33.6 Å². The molecule has 8 heteroatoms. The highest BCUT2D eigenvalue weighted by Crippen LogP contribution is 2.72. The maximum atomic E-state index is 13.4. The van der Waals surface area contributed by atoms with E-state index in [0.717, 1.165) is 17.6 Å². The van der Waals surface area contributed by atoms with E-state index in [0.29, 0.717) is 24.8 Å². The Bertz CT molecular complexity index is 1500. The normalized spacial score (nSPS) is 40.9. The Balaban J connectivity index is 1.39. The molecule has 212 valence electrons. The topological polar surface area (TPSA) is 107 Å². The molecular formula is C32H37NO7. The van der Waals surface area contributed by atoms with Gasteiger partial charge in [-0.05, 0) is 56.7 Å². The van der Waals surface area contributed by atoms with Crippen LogP contribution in [0.15, 0.2) is 48.1 Å². The zero-order valence-electron chi connectivity index (χ0n) is 23.7. The number of carbonyl (C=O) groups excluding carboxylic acids is 2. The van der Waals surface area contributed by atoms with Crippen LogP contribution in [0.4, 0.5) is 0 Å². The molecule has 8 nitrogen and oxygen atoms in total. The summed E-state index contributed by atoms with van der Waals surface area (Å²) < 4.78 is 24.2. The minimum Gasteiger partial charge on any atom is -0.466 e. The van der Waals surface area contributed by atoms with Crippen molar-refractivity contribution in [2.45, 2.75) is 88.0 Å². The Morgan fingerprint density at radius 2 is 1.98 bits per heavy atom. The second-order valence-electron chi connectivity index (χ2n) is 13.1. The van der Waals surface area contributed by atoms with Crippen LogP contribution in [0.3, 0.4) is 0 Å². The van der Waals surface area contributed by atoms with E-state index in [-0.39, 0.29) is 18.3 Å². The Morgan fingerprint density at radius 1 is 1.20 bits per heavy atom. The van der Waals surface area contributed by atoms with Crippen molar-refractivity contribution >= 4 is 22.7 Å². The van der Waals surface area contributed by atoms with Crippen LogP contribution < -0.4 is 0 Å². The Morgan fingerprint density at radius 3 is 2.75 bits per heavy atom. The second-order valence-corrected chi connectivity index (χ2v) is 13.1. The van der Waals surface area contributed by atoms with Crippen LogP contribution in [0.1, 0.15) is 58.2 Å². The quantitative estimate of drug-likeness (QED) is 0.439. The summed E-state index contributed by atoms with van der Waals surface area (Å²) in [5.74, 6) is -1.66. The first-order valence-corrected chi connectivity index (χ1v) is 14.2. The highest BCUT2D eigenvalue weighted by atomic mass is 16.8. The van der Waals surface area contributed by atoms with E-state index in [9.17, 15) is 14.7 Å². The molecule has 5 aliphatic rings. The molecule has 1 unspecified atom stereocenters. The molecule has 2 saturated carbocycles. The van der Waals surface area contributed by atoms with Gasteiger partial charge in [-0.25, -0.2) is 4.79 Å². The summed E-state index contributed by atoms with van der Waals surface area (Å²) >= 11 is 0. The second kappa shape index (κ2) is 8.16. The molecule has 7 atom stereocenters. The van der Waals surface area contributed by atoms with Gasteiger partial charge in [-0.2, -0.15) is 0 Å². The van der Waals surface area contributed by atoms with Gasteiger partial charge in [-0.15, -0.1) is 0 Å². The number of fused-ring (bicyclic) bond motifs is 9. The zero-order chi connectivity index (χ0) is 28.3. The van der Waals surface area contributed by atoms with Gasteiger partial charge in [0.1, 0.15) is 11.2 Å². The molecule has 1 aromatic heterocycles. The highest BCUT2D eigenvalue weighted by molar-refractivity contribution is 5.97. The van der Waals surface area contributed by atoms with Crippen LogP contribution in [-0.2, 0) is 40.4 Å². The summed E-state index contributed by atoms with van der Waals surface area (Å²) in [6, 6.07) is 8.36. The Labute approximate surface area is 233 Å². The first-order valence-electron chi connectivity index (χ1n) is 14.2. The summed E-state index contributed by atoms with van der Waals surface area (Å²) in [6.45, 7) is 8.27. The number of nitrogens with one attached hydrogen (secondary N) is 1. The molecule has 2 N–H and O–H groups in total. The van der Waals surface area contributed by atoms with E-state index < -0.39 is 46.0 Å². The number of aromatic amines is 1. The predicted octanol–water partition coefficient (Wildman–Crippen LogP) is 4.05. The number of aliphatic hydroxyl groups is 1. The van der Waals surface area contributed by atoms with Gasteiger partial charge >= 0.3 is 5.97 Å². The van der Waals surface area contributed by atoms with Gasteiger partial charge in [0, 0.05) is 45.5 Å². The van der Waals surface area contributed by atoms with E-state index in [4.69, 9.17) is 18.9 Å². The number of ketones is 1. The smallest absolute Gasteiger partial charge is 0.330 e. The Kier molecular flexibility index (Phi) is 5.33. The fourth-order valence-corrected chi connectivity index (χ4v) is 8.97. The van der Waals surface area contributed by atoms with Crippen molar-refractivity contribution in [1.82, 2.24) is 4.98 Å². The van der Waals surface area contributed by atoms with Gasteiger partial charge in [0.2, 0.25) is 0 Å². The zero-order valence-corrected chi connectivity index (χ0v) is 23.7. The van der Waals surface area contributed by atoms with Crippen LogP contribution in [-0.4, -0.2) is 64.8 Å². The SMILES string of the molecule is COC(=O)/C=C/CO[C@H]1C[C@H]2Cc3c([nH]c4ccccc34)[C@]2(C)[C@@]2(C)CCC34O[C@@H](C(=O)C=C3[C@]12O)C(C)(C)O4. The number of esters is 1. The fourth-order valence-electron chi connectivity index (χ4n) is 8.97. The third-order valence-corrected chi connectivity index (χ3v) is 11.1. The molecule has 0 amide bonds. The fraction of sp³-hybridized carbons (Fsp3) is 0.562. The average Bonchev–Trinajstić information content (AvgIpc) is 3.51. The van der Waals surface area contributed by atoms with Crippen molar-refractivity contribution in [2.75, 3.05) is 13.7 Å². The number of aromatic nitrogens is 1. The summed E-state index contributed by atoms with van der Waals surface area (Å²) in [5, 5.41) is 14.5. The van der Waals surface area contributed by atoms with Crippen molar-refractivity contribution in [3.05, 3.63) is 59.3 Å². The van der Waals surface area contributed by atoms with Crippen molar-refractivity contribution in [2.24, 2.45) is 11.3 Å². The molecule has 2 aliphatic heterocycles. The summed E-state index contributed by atoms with van der Waals surface area (Å²) in [4.78, 5) is 28.8. The lowest BCUT2D eigenvalue weighted by Crippen LogP contribution is -2.74. The van der Waals surface area contributed by atoms with Crippen LogP contribution in [0.25, 0.3) is 10.9 Å². The number of methoxy groups -OCH3 is 1. The lowest BCUT2D eigenvalue weighted by Gasteiger charge is -2.67. The number of rotatable bonds is 4. The molecule has 3 fully saturated rings. The highest BCUT2D eigenvalue weighted by Gasteiger charge is 2.78. The van der Waals surface area contributed by atoms with Crippen LogP contribution in [0, 0.1) is 11.3 Å². The van der Waals surface area contributed by atoms with Crippen molar-refractivity contribution in [3.63, 3.8) is 0 Å². The van der Waals surface area contributed by atoms with Gasteiger partial charge < -0.3 is 29.0 Å². The van der Waals surface area contributed by atoms with Crippen LogP contribution >= 0.6 is 0 Å². The maximum Gasteiger partial charge on any atom is 0.330 e. The third-order valence-electron chi connectivity index (χ3n) is 11.1. The standard InChI is InChI=1S/C32H37NO7/c1-28(2)27-22(34)17-23-31(39-27,40-28)13-12-29(3)30(4)18(15-20-19-9-6-7-10-21(19)33-26(20)30)16-24(32(23,29)36)38-14-8-11-25(35)37-5/h6-11,17-18,24,27,33,36H,12-16H2,1-5H3/b11-8+/t18-,24+,27+,29-,30-,31?,32+/m1/s1. The molecule has 7 rings (SSSR count). The van der Waals surface area contributed by atoms with Gasteiger partial charge in [0.25, 0.3) is 0 Å². The third kappa shape index (κ3) is 3.00. The summed E-state index contributed by atoms with van der Waals surface area (Å²) in [6.07, 6.45) is 5.71. The minimum absolute atomic E-state index is 0.111. The molecule has 0 radical (unpaired) electrons. The molecule has 40 heavy (non-hydrogen) atoms.